The highest BCUT2D eigenvalue weighted by Gasteiger charge is 2.15. The Morgan fingerprint density at radius 2 is 1.76 bits per heavy atom. The minimum Gasteiger partial charge on any atom is -0.490 e. The first-order chi connectivity index (χ1) is 13.8. The molecule has 0 radical (unpaired) electrons. The van der Waals surface area contributed by atoms with Gasteiger partial charge in [0.15, 0.2) is 11.5 Å². The average Bonchev–Trinajstić information content (AvgIpc) is 2.74. The van der Waals surface area contributed by atoms with Crippen molar-refractivity contribution in [3.63, 3.8) is 0 Å². The van der Waals surface area contributed by atoms with Crippen LogP contribution in [0.1, 0.15) is 12.8 Å². The normalized spacial score (nSPS) is 16.1. The summed E-state index contributed by atoms with van der Waals surface area (Å²) in [6, 6.07) is 14.1. The molecule has 0 spiro atoms. The first-order valence-corrected chi connectivity index (χ1v) is 9.77. The summed E-state index contributed by atoms with van der Waals surface area (Å²) >= 11 is 0. The lowest BCUT2D eigenvalue weighted by Gasteiger charge is -2.24. The number of anilines is 2. The number of hydrogen-bond donors (Lipinski definition) is 2. The summed E-state index contributed by atoms with van der Waals surface area (Å²) in [7, 11) is 0. The molecule has 2 N–H and O–H groups in total. The first-order valence-electron chi connectivity index (χ1n) is 9.77. The Morgan fingerprint density at radius 1 is 0.931 bits per heavy atom. The molecule has 6 nitrogen and oxygen atoms in total. The maximum absolute atomic E-state index is 6.17. The van der Waals surface area contributed by atoms with Gasteiger partial charge in [-0.3, -0.25) is 0 Å². The van der Waals surface area contributed by atoms with E-state index in [9.17, 15) is 0 Å². The number of nitrogens with zero attached hydrogens (tertiary/aromatic N) is 1. The zero-order chi connectivity index (χ0) is 18.8. The van der Waals surface area contributed by atoms with Gasteiger partial charge in [-0.05, 0) is 67.7 Å². The molecule has 29 heavy (non-hydrogen) atoms. The molecular formula is C22H24ClN3O3. The van der Waals surface area contributed by atoms with Gasteiger partial charge in [0.1, 0.15) is 30.9 Å². The third-order valence-electron chi connectivity index (χ3n) is 5.10. The molecular weight excluding hydrogens is 390 g/mol. The molecule has 3 heterocycles. The van der Waals surface area contributed by atoms with E-state index in [1.54, 1.807) is 0 Å². The molecule has 0 amide bonds. The van der Waals surface area contributed by atoms with Crippen LogP contribution < -0.4 is 24.8 Å². The number of rotatable bonds is 4. The van der Waals surface area contributed by atoms with Crippen molar-refractivity contribution in [3.8, 4) is 17.2 Å². The van der Waals surface area contributed by atoms with Crippen LogP contribution in [-0.2, 0) is 0 Å². The fraction of sp³-hybridized carbons (Fsp3) is 0.318. The Hall–Kier alpha value is -2.70. The van der Waals surface area contributed by atoms with Crippen LogP contribution in [0.5, 0.6) is 17.2 Å². The fourth-order valence-electron chi connectivity index (χ4n) is 3.64. The average molecular weight is 414 g/mol. The third kappa shape index (κ3) is 4.49. The molecule has 0 saturated carbocycles. The molecule has 1 aromatic heterocycles. The van der Waals surface area contributed by atoms with E-state index in [1.807, 2.05) is 36.5 Å². The summed E-state index contributed by atoms with van der Waals surface area (Å²) in [5.41, 5.74) is 0.915. The molecule has 1 saturated heterocycles. The monoisotopic (exact) mass is 413 g/mol. The lowest BCUT2D eigenvalue weighted by atomic mass is 10.1. The maximum atomic E-state index is 6.17. The van der Waals surface area contributed by atoms with E-state index in [4.69, 9.17) is 14.2 Å². The summed E-state index contributed by atoms with van der Waals surface area (Å²) in [6.45, 7) is 3.20. The standard InChI is InChI=1S/C22H23N3O3.ClH/c1-3-19(28-18-5-7-23-8-6-18)11-16-12-22(24-14-15(1)16)25-17-2-4-20-21(13-17)27-10-9-26-20;/h1-4,11-14,18,23H,5-10H2,(H,24,25);1H. The number of fused-ring (bicyclic) bond motifs is 2. The van der Waals surface area contributed by atoms with Crippen LogP contribution in [0.15, 0.2) is 48.7 Å². The lowest BCUT2D eigenvalue weighted by molar-refractivity contribution is 0.162. The molecule has 3 aromatic rings. The molecule has 0 bridgehead atoms. The summed E-state index contributed by atoms with van der Waals surface area (Å²) < 4.78 is 17.4. The van der Waals surface area contributed by atoms with Gasteiger partial charge in [-0.2, -0.15) is 0 Å². The van der Waals surface area contributed by atoms with E-state index in [0.29, 0.717) is 13.2 Å². The van der Waals surface area contributed by atoms with Crippen LogP contribution in [-0.4, -0.2) is 37.4 Å². The van der Waals surface area contributed by atoms with Gasteiger partial charge in [0, 0.05) is 23.3 Å². The van der Waals surface area contributed by atoms with Crippen molar-refractivity contribution in [2.75, 3.05) is 31.6 Å². The van der Waals surface area contributed by atoms with Crippen molar-refractivity contribution >= 4 is 34.7 Å². The van der Waals surface area contributed by atoms with E-state index >= 15 is 0 Å². The zero-order valence-electron chi connectivity index (χ0n) is 16.0. The molecule has 2 aliphatic rings. The topological polar surface area (TPSA) is 64.6 Å². The van der Waals surface area contributed by atoms with Crippen LogP contribution in [0.2, 0.25) is 0 Å². The van der Waals surface area contributed by atoms with Crippen molar-refractivity contribution in [3.05, 3.63) is 48.7 Å². The second-order valence-corrected chi connectivity index (χ2v) is 7.13. The highest BCUT2D eigenvalue weighted by molar-refractivity contribution is 5.86. The number of aromatic nitrogens is 1. The highest BCUT2D eigenvalue weighted by Crippen LogP contribution is 2.34. The second-order valence-electron chi connectivity index (χ2n) is 7.13. The summed E-state index contributed by atoms with van der Waals surface area (Å²) in [4.78, 5) is 4.53. The van der Waals surface area contributed by atoms with Gasteiger partial charge in [-0.25, -0.2) is 4.98 Å². The van der Waals surface area contributed by atoms with Crippen molar-refractivity contribution in [1.82, 2.24) is 10.3 Å². The smallest absolute Gasteiger partial charge is 0.163 e. The van der Waals surface area contributed by atoms with Gasteiger partial charge >= 0.3 is 0 Å². The number of hydrogen-bond acceptors (Lipinski definition) is 6. The Morgan fingerprint density at radius 3 is 2.62 bits per heavy atom. The SMILES string of the molecule is Cl.c1cc2c(cc1Nc1cc3cc(OC4CCNCC4)ccc3cn1)OCCO2. The van der Waals surface area contributed by atoms with Gasteiger partial charge in [-0.15, -0.1) is 12.4 Å². The van der Waals surface area contributed by atoms with Crippen molar-refractivity contribution < 1.29 is 14.2 Å². The minimum absolute atomic E-state index is 0. The van der Waals surface area contributed by atoms with Gasteiger partial charge in [-0.1, -0.05) is 0 Å². The molecule has 7 heteroatoms. The molecule has 2 aromatic carbocycles. The summed E-state index contributed by atoms with van der Waals surface area (Å²) in [5, 5.41) is 8.90. The van der Waals surface area contributed by atoms with Crippen molar-refractivity contribution in [2.24, 2.45) is 0 Å². The predicted octanol–water partition coefficient (Wildman–Crippen LogP) is 4.30. The van der Waals surface area contributed by atoms with Gasteiger partial charge in [0.25, 0.3) is 0 Å². The largest absolute Gasteiger partial charge is 0.490 e. The third-order valence-corrected chi connectivity index (χ3v) is 5.10. The van der Waals surface area contributed by atoms with E-state index < -0.39 is 0 Å². The number of nitrogens with one attached hydrogen (secondary N) is 2. The van der Waals surface area contributed by atoms with E-state index in [-0.39, 0.29) is 18.5 Å². The van der Waals surface area contributed by atoms with Gasteiger partial charge in [0.05, 0.1) is 0 Å². The Bertz CT molecular complexity index is 992. The van der Waals surface area contributed by atoms with Crippen LogP contribution in [0.3, 0.4) is 0 Å². The van der Waals surface area contributed by atoms with Crippen molar-refractivity contribution in [1.29, 1.82) is 0 Å². The van der Waals surface area contributed by atoms with Crippen LogP contribution in [0, 0.1) is 0 Å². The molecule has 1 fully saturated rings. The van der Waals surface area contributed by atoms with E-state index in [0.717, 1.165) is 65.5 Å². The van der Waals surface area contributed by atoms with E-state index in [2.05, 4.69) is 27.8 Å². The second kappa shape index (κ2) is 8.76. The summed E-state index contributed by atoms with van der Waals surface area (Å²) in [5.74, 6) is 3.23. The molecule has 0 atom stereocenters. The van der Waals surface area contributed by atoms with Crippen LogP contribution >= 0.6 is 12.4 Å². The number of halogens is 1. The maximum Gasteiger partial charge on any atom is 0.163 e. The molecule has 0 aliphatic carbocycles. The molecule has 2 aliphatic heterocycles. The quantitative estimate of drug-likeness (QED) is 0.664. The number of pyridine rings is 1. The lowest BCUT2D eigenvalue weighted by Crippen LogP contribution is -2.34. The van der Waals surface area contributed by atoms with Crippen molar-refractivity contribution in [2.45, 2.75) is 18.9 Å². The minimum atomic E-state index is 0. The first kappa shape index (κ1) is 19.6. The van der Waals surface area contributed by atoms with Crippen LogP contribution in [0.25, 0.3) is 10.8 Å². The Kier molecular flexibility index (Phi) is 5.92. The predicted molar refractivity (Wildman–Crippen MR) is 116 cm³/mol. The zero-order valence-corrected chi connectivity index (χ0v) is 16.8. The Labute approximate surface area is 176 Å². The number of benzene rings is 2. The number of piperidine rings is 1. The Balaban J connectivity index is 0.00000205. The van der Waals surface area contributed by atoms with Gasteiger partial charge in [0.2, 0.25) is 0 Å². The molecule has 0 unspecified atom stereocenters. The molecule has 5 rings (SSSR count). The number of ether oxygens (including phenoxy) is 3. The summed E-state index contributed by atoms with van der Waals surface area (Å²) in [6.07, 6.45) is 4.26. The van der Waals surface area contributed by atoms with E-state index in [1.165, 1.54) is 0 Å². The highest BCUT2D eigenvalue weighted by atomic mass is 35.5. The van der Waals surface area contributed by atoms with Crippen LogP contribution in [0.4, 0.5) is 11.5 Å². The van der Waals surface area contributed by atoms with Gasteiger partial charge < -0.3 is 24.8 Å². The fourth-order valence-corrected chi connectivity index (χ4v) is 3.64. The molecule has 152 valence electrons.